The number of ketones is 1. The third-order valence-corrected chi connectivity index (χ3v) is 3.55. The molecule has 2 rings (SSSR count). The second-order valence-electron chi connectivity index (χ2n) is 5.38. The first-order valence-electron chi connectivity index (χ1n) is 7.78. The lowest BCUT2D eigenvalue weighted by molar-refractivity contribution is -0.145. The lowest BCUT2D eigenvalue weighted by atomic mass is 10.0. The van der Waals surface area contributed by atoms with Crippen molar-refractivity contribution in [3.8, 4) is 11.1 Å². The number of ether oxygens (including phenoxy) is 1. The van der Waals surface area contributed by atoms with Crippen LogP contribution < -0.4 is 5.73 Å². The van der Waals surface area contributed by atoms with Gasteiger partial charge in [-0.05, 0) is 11.1 Å². The van der Waals surface area contributed by atoms with Crippen molar-refractivity contribution in [3.63, 3.8) is 0 Å². The molecule has 2 aromatic rings. The van der Waals surface area contributed by atoms with Gasteiger partial charge in [0, 0.05) is 18.5 Å². The molecule has 0 fully saturated rings. The van der Waals surface area contributed by atoms with Gasteiger partial charge in [0.05, 0.1) is 6.42 Å². The summed E-state index contributed by atoms with van der Waals surface area (Å²) in [6.07, 6.45) is -1.41. The van der Waals surface area contributed by atoms with Crippen LogP contribution in [0.3, 0.4) is 0 Å². The number of hydrogen-bond donors (Lipinski definition) is 1. The van der Waals surface area contributed by atoms with E-state index < -0.39 is 12.1 Å². The lowest BCUT2D eigenvalue weighted by Crippen LogP contribution is -2.23. The van der Waals surface area contributed by atoms with Gasteiger partial charge in [-0.1, -0.05) is 54.6 Å². The van der Waals surface area contributed by atoms with Gasteiger partial charge in [0.25, 0.3) is 0 Å². The summed E-state index contributed by atoms with van der Waals surface area (Å²) >= 11 is 0. The first kappa shape index (κ1) is 17.8. The molecule has 0 amide bonds. The zero-order chi connectivity index (χ0) is 17.4. The molecule has 2 aromatic carbocycles. The van der Waals surface area contributed by atoms with Gasteiger partial charge in [0.1, 0.15) is 12.8 Å². The maximum Gasteiger partial charge on any atom is 0.306 e. The fourth-order valence-corrected chi connectivity index (χ4v) is 2.16. The molecule has 4 nitrogen and oxygen atoms in total. The highest BCUT2D eigenvalue weighted by molar-refractivity contribution is 5.97. The fourth-order valence-electron chi connectivity index (χ4n) is 2.16. The van der Waals surface area contributed by atoms with Crippen molar-refractivity contribution in [2.45, 2.75) is 19.0 Å². The minimum absolute atomic E-state index is 0.0308. The average Bonchev–Trinajstić information content (AvgIpc) is 2.64. The lowest BCUT2D eigenvalue weighted by Gasteiger charge is -2.07. The Kier molecular flexibility index (Phi) is 6.63. The van der Waals surface area contributed by atoms with Gasteiger partial charge in [0.15, 0.2) is 5.78 Å². The second-order valence-corrected chi connectivity index (χ2v) is 5.38. The highest BCUT2D eigenvalue weighted by Crippen LogP contribution is 2.20. The Hall–Kier alpha value is -2.53. The number of halogens is 1. The largest absolute Gasteiger partial charge is 0.463 e. The molecule has 126 valence electrons. The summed E-state index contributed by atoms with van der Waals surface area (Å²) in [6, 6.07) is 17.0. The summed E-state index contributed by atoms with van der Waals surface area (Å²) in [5.74, 6) is -0.748. The van der Waals surface area contributed by atoms with E-state index in [1.54, 1.807) is 12.1 Å². The normalized spacial score (nSPS) is 11.8. The molecule has 0 radical (unpaired) electrons. The van der Waals surface area contributed by atoms with E-state index in [-0.39, 0.29) is 31.8 Å². The van der Waals surface area contributed by atoms with E-state index in [2.05, 4.69) is 0 Å². The van der Waals surface area contributed by atoms with E-state index in [0.717, 1.165) is 11.1 Å². The molecule has 0 heterocycles. The molecule has 0 aliphatic heterocycles. The van der Waals surface area contributed by atoms with Crippen LogP contribution in [0.5, 0.6) is 0 Å². The van der Waals surface area contributed by atoms with Crippen LogP contribution in [0.2, 0.25) is 0 Å². The van der Waals surface area contributed by atoms with Crippen molar-refractivity contribution in [1.29, 1.82) is 0 Å². The zero-order valence-electron chi connectivity index (χ0n) is 13.3. The Morgan fingerprint density at radius 1 is 0.958 bits per heavy atom. The number of nitrogens with two attached hydrogens (primary N) is 1. The average molecular weight is 329 g/mol. The molecule has 0 aliphatic rings. The van der Waals surface area contributed by atoms with Gasteiger partial charge in [0.2, 0.25) is 0 Å². The van der Waals surface area contributed by atoms with Crippen molar-refractivity contribution in [1.82, 2.24) is 0 Å². The van der Waals surface area contributed by atoms with Crippen molar-refractivity contribution in [2.24, 2.45) is 5.73 Å². The van der Waals surface area contributed by atoms with Crippen LogP contribution in [-0.2, 0) is 9.53 Å². The highest BCUT2D eigenvalue weighted by Gasteiger charge is 2.12. The van der Waals surface area contributed by atoms with Crippen molar-refractivity contribution in [3.05, 3.63) is 60.2 Å². The predicted molar refractivity (Wildman–Crippen MR) is 90.4 cm³/mol. The van der Waals surface area contributed by atoms with Crippen LogP contribution in [0.15, 0.2) is 54.6 Å². The highest BCUT2D eigenvalue weighted by atomic mass is 19.1. The van der Waals surface area contributed by atoms with E-state index in [9.17, 15) is 14.0 Å². The van der Waals surface area contributed by atoms with Gasteiger partial charge >= 0.3 is 5.97 Å². The number of esters is 1. The molecule has 2 N–H and O–H groups in total. The topological polar surface area (TPSA) is 69.4 Å². The number of hydrogen-bond acceptors (Lipinski definition) is 4. The smallest absolute Gasteiger partial charge is 0.306 e. The molecular weight excluding hydrogens is 309 g/mol. The number of carbonyl (C=O) groups excluding carboxylic acids is 2. The number of rotatable bonds is 8. The molecule has 1 unspecified atom stereocenters. The van der Waals surface area contributed by atoms with Gasteiger partial charge in [-0.2, -0.15) is 0 Å². The minimum atomic E-state index is -1.37. The number of benzene rings is 2. The Balaban J connectivity index is 1.86. The van der Waals surface area contributed by atoms with E-state index in [1.807, 2.05) is 42.5 Å². The van der Waals surface area contributed by atoms with E-state index in [4.69, 9.17) is 10.5 Å². The second kappa shape index (κ2) is 8.93. The van der Waals surface area contributed by atoms with Crippen molar-refractivity contribution < 1.29 is 18.7 Å². The number of alkyl halides is 1. The Morgan fingerprint density at radius 3 is 2.21 bits per heavy atom. The molecule has 5 heteroatoms. The maximum atomic E-state index is 12.9. The third kappa shape index (κ3) is 5.28. The Labute approximate surface area is 140 Å². The van der Waals surface area contributed by atoms with Gasteiger partial charge < -0.3 is 10.5 Å². The molecular formula is C19H20FNO3. The third-order valence-electron chi connectivity index (χ3n) is 3.55. The Morgan fingerprint density at radius 2 is 1.58 bits per heavy atom. The summed E-state index contributed by atoms with van der Waals surface area (Å²) in [5, 5.41) is 0. The van der Waals surface area contributed by atoms with Crippen LogP contribution in [0.4, 0.5) is 4.39 Å². The predicted octanol–water partition coefficient (Wildman–Crippen LogP) is 3.16. The quantitative estimate of drug-likeness (QED) is 0.596. The summed E-state index contributed by atoms with van der Waals surface area (Å²) in [4.78, 5) is 23.5. The maximum absolute atomic E-state index is 12.9. The monoisotopic (exact) mass is 329 g/mol. The molecule has 0 spiro atoms. The Bertz CT molecular complexity index is 671. The van der Waals surface area contributed by atoms with Gasteiger partial charge in [-0.3, -0.25) is 9.59 Å². The van der Waals surface area contributed by atoms with Crippen molar-refractivity contribution in [2.75, 3.05) is 13.2 Å². The zero-order valence-corrected chi connectivity index (χ0v) is 13.3. The van der Waals surface area contributed by atoms with Crippen LogP contribution in [0, 0.1) is 0 Å². The number of carbonyl (C=O) groups is 2. The molecule has 0 aliphatic carbocycles. The number of Topliss-reactive ketones (excluding diaryl/α,β-unsaturated/α-hetero) is 1. The van der Waals surface area contributed by atoms with Gasteiger partial charge in [-0.25, -0.2) is 4.39 Å². The first-order valence-corrected chi connectivity index (χ1v) is 7.78. The summed E-state index contributed by atoms with van der Waals surface area (Å²) in [5.41, 5.74) is 7.71. The van der Waals surface area contributed by atoms with Crippen LogP contribution in [0.1, 0.15) is 23.2 Å². The van der Waals surface area contributed by atoms with Gasteiger partial charge in [-0.15, -0.1) is 0 Å². The SMILES string of the molecule is NCC(F)COC(=O)CCC(=O)c1ccc(-c2ccccc2)cc1. The van der Waals surface area contributed by atoms with Crippen LogP contribution in [0.25, 0.3) is 11.1 Å². The van der Waals surface area contributed by atoms with Crippen LogP contribution in [-0.4, -0.2) is 31.1 Å². The molecule has 24 heavy (non-hydrogen) atoms. The molecule has 1 atom stereocenters. The van der Waals surface area contributed by atoms with E-state index in [1.165, 1.54) is 0 Å². The summed E-state index contributed by atoms with van der Waals surface area (Å²) in [6.45, 7) is -0.560. The summed E-state index contributed by atoms with van der Waals surface area (Å²) < 4.78 is 17.6. The molecule has 0 saturated carbocycles. The standard InChI is InChI=1S/C19H20FNO3/c20-17(12-21)13-24-19(23)11-10-18(22)16-8-6-15(7-9-16)14-4-2-1-3-5-14/h1-9,17H,10-13,21H2. The van der Waals surface area contributed by atoms with Crippen molar-refractivity contribution >= 4 is 11.8 Å². The fraction of sp³-hybridized carbons (Fsp3) is 0.263. The first-order chi connectivity index (χ1) is 11.6. The molecule has 0 saturated heterocycles. The van der Waals surface area contributed by atoms with E-state index in [0.29, 0.717) is 5.56 Å². The summed E-state index contributed by atoms with van der Waals surface area (Å²) in [7, 11) is 0. The molecule has 0 aromatic heterocycles. The molecule has 0 bridgehead atoms. The minimum Gasteiger partial charge on any atom is -0.463 e. The van der Waals surface area contributed by atoms with E-state index >= 15 is 0 Å². The van der Waals surface area contributed by atoms with Crippen LogP contribution >= 0.6 is 0 Å².